The Hall–Kier alpha value is -1.81. The van der Waals surface area contributed by atoms with Gasteiger partial charge in [-0.05, 0) is 17.7 Å². The van der Waals surface area contributed by atoms with Gasteiger partial charge in [-0.3, -0.25) is 9.20 Å². The van der Waals surface area contributed by atoms with Crippen LogP contribution in [0.5, 0.6) is 5.75 Å². The number of nitrogens with two attached hydrogens (primary N) is 1. The standard InChI is InChI=1S/C11H12N2O2/c1-15-9-3-4-10-8(6-12)2-5-11(14)13(10)7-9/h2-5,7H,6,12H2,1H3. The molecule has 0 bridgehead atoms. The van der Waals surface area contributed by atoms with Crippen molar-refractivity contribution in [3.8, 4) is 5.75 Å². The number of fused-ring (bicyclic) bond motifs is 1. The van der Waals surface area contributed by atoms with Crippen LogP contribution < -0.4 is 16.0 Å². The van der Waals surface area contributed by atoms with E-state index in [9.17, 15) is 4.79 Å². The molecule has 0 amide bonds. The Bertz CT molecular complexity index is 546. The van der Waals surface area contributed by atoms with Crippen molar-refractivity contribution < 1.29 is 4.74 Å². The molecule has 4 nitrogen and oxygen atoms in total. The number of rotatable bonds is 2. The minimum atomic E-state index is -0.0823. The summed E-state index contributed by atoms with van der Waals surface area (Å²) in [4.78, 5) is 11.6. The lowest BCUT2D eigenvalue weighted by Crippen LogP contribution is -2.14. The van der Waals surface area contributed by atoms with E-state index in [0.29, 0.717) is 12.3 Å². The van der Waals surface area contributed by atoms with Crippen LogP contribution in [0.2, 0.25) is 0 Å². The van der Waals surface area contributed by atoms with Gasteiger partial charge in [0.2, 0.25) is 0 Å². The number of ether oxygens (including phenoxy) is 1. The predicted molar refractivity (Wildman–Crippen MR) is 58.1 cm³/mol. The Morgan fingerprint density at radius 3 is 2.80 bits per heavy atom. The van der Waals surface area contributed by atoms with Gasteiger partial charge < -0.3 is 10.5 Å². The summed E-state index contributed by atoms with van der Waals surface area (Å²) < 4.78 is 6.60. The average molecular weight is 204 g/mol. The number of pyridine rings is 2. The van der Waals surface area contributed by atoms with Crippen LogP contribution in [-0.4, -0.2) is 11.5 Å². The maximum Gasteiger partial charge on any atom is 0.255 e. The minimum Gasteiger partial charge on any atom is -0.495 e. The molecule has 0 radical (unpaired) electrons. The van der Waals surface area contributed by atoms with Crippen LogP contribution in [0.1, 0.15) is 5.56 Å². The highest BCUT2D eigenvalue weighted by molar-refractivity contribution is 5.55. The molecule has 78 valence electrons. The third kappa shape index (κ3) is 1.59. The van der Waals surface area contributed by atoms with Crippen molar-refractivity contribution in [1.29, 1.82) is 0 Å². The maximum absolute atomic E-state index is 11.6. The molecule has 0 saturated heterocycles. The number of methoxy groups -OCH3 is 1. The lowest BCUT2D eigenvalue weighted by molar-refractivity contribution is 0.412. The Morgan fingerprint density at radius 2 is 2.13 bits per heavy atom. The third-order valence-electron chi connectivity index (χ3n) is 2.37. The highest BCUT2D eigenvalue weighted by Crippen LogP contribution is 2.14. The van der Waals surface area contributed by atoms with Gasteiger partial charge in [-0.25, -0.2) is 0 Å². The first kappa shape index (κ1) is 9.73. The van der Waals surface area contributed by atoms with E-state index in [2.05, 4.69) is 0 Å². The van der Waals surface area contributed by atoms with Crippen molar-refractivity contribution in [3.63, 3.8) is 0 Å². The van der Waals surface area contributed by atoms with Gasteiger partial charge >= 0.3 is 0 Å². The summed E-state index contributed by atoms with van der Waals surface area (Å²) in [7, 11) is 1.57. The van der Waals surface area contributed by atoms with Crippen LogP contribution in [0.25, 0.3) is 5.52 Å². The van der Waals surface area contributed by atoms with E-state index in [-0.39, 0.29) is 5.56 Å². The summed E-state index contributed by atoms with van der Waals surface area (Å²) in [5, 5.41) is 0. The molecule has 2 aromatic rings. The number of aromatic nitrogens is 1. The third-order valence-corrected chi connectivity index (χ3v) is 2.37. The van der Waals surface area contributed by atoms with Crippen molar-refractivity contribution in [3.05, 3.63) is 46.4 Å². The Morgan fingerprint density at radius 1 is 1.33 bits per heavy atom. The highest BCUT2D eigenvalue weighted by atomic mass is 16.5. The van der Waals surface area contributed by atoms with Crippen molar-refractivity contribution >= 4 is 5.52 Å². The molecular weight excluding hydrogens is 192 g/mol. The highest BCUT2D eigenvalue weighted by Gasteiger charge is 2.02. The van der Waals surface area contributed by atoms with Crippen LogP contribution in [0.15, 0.2) is 35.3 Å². The molecule has 0 fully saturated rings. The zero-order valence-electron chi connectivity index (χ0n) is 8.43. The summed E-state index contributed by atoms with van der Waals surface area (Å²) in [5.74, 6) is 0.652. The normalized spacial score (nSPS) is 10.5. The molecule has 2 heterocycles. The smallest absolute Gasteiger partial charge is 0.255 e. The Balaban J connectivity index is 2.81. The van der Waals surface area contributed by atoms with Gasteiger partial charge in [0.1, 0.15) is 5.75 Å². The topological polar surface area (TPSA) is 56.7 Å². The van der Waals surface area contributed by atoms with Crippen LogP contribution in [0.4, 0.5) is 0 Å². The second-order valence-electron chi connectivity index (χ2n) is 3.23. The van der Waals surface area contributed by atoms with E-state index < -0.39 is 0 Å². The summed E-state index contributed by atoms with van der Waals surface area (Å²) >= 11 is 0. The molecule has 0 atom stereocenters. The number of hydrogen-bond donors (Lipinski definition) is 1. The summed E-state index contributed by atoms with van der Waals surface area (Å²) in [6.45, 7) is 0.413. The zero-order chi connectivity index (χ0) is 10.8. The number of hydrogen-bond acceptors (Lipinski definition) is 3. The lowest BCUT2D eigenvalue weighted by atomic mass is 10.2. The fraction of sp³-hybridized carbons (Fsp3) is 0.182. The molecule has 0 aromatic carbocycles. The van der Waals surface area contributed by atoms with Gasteiger partial charge in [0, 0.05) is 12.6 Å². The number of nitrogens with zero attached hydrogens (tertiary/aromatic N) is 1. The lowest BCUT2D eigenvalue weighted by Gasteiger charge is -2.07. The molecule has 0 aliphatic carbocycles. The van der Waals surface area contributed by atoms with Gasteiger partial charge in [-0.15, -0.1) is 0 Å². The molecule has 0 aliphatic rings. The van der Waals surface area contributed by atoms with Crippen LogP contribution >= 0.6 is 0 Å². The molecule has 4 heteroatoms. The second-order valence-corrected chi connectivity index (χ2v) is 3.23. The summed E-state index contributed by atoms with van der Waals surface area (Å²) in [6, 6.07) is 6.91. The van der Waals surface area contributed by atoms with Crippen LogP contribution in [0, 0.1) is 0 Å². The first-order valence-electron chi connectivity index (χ1n) is 4.64. The van der Waals surface area contributed by atoms with E-state index in [1.807, 2.05) is 12.1 Å². The first-order chi connectivity index (χ1) is 7.26. The quantitative estimate of drug-likeness (QED) is 0.786. The molecule has 0 unspecified atom stereocenters. The first-order valence-corrected chi connectivity index (χ1v) is 4.64. The zero-order valence-corrected chi connectivity index (χ0v) is 8.43. The second kappa shape index (κ2) is 3.74. The molecule has 2 N–H and O–H groups in total. The van der Waals surface area contributed by atoms with Gasteiger partial charge in [0.05, 0.1) is 18.8 Å². The van der Waals surface area contributed by atoms with Gasteiger partial charge in [-0.1, -0.05) is 6.07 Å². The average Bonchev–Trinajstić information content (AvgIpc) is 2.29. The van der Waals surface area contributed by atoms with Crippen LogP contribution in [-0.2, 0) is 6.54 Å². The molecule has 2 aromatic heterocycles. The largest absolute Gasteiger partial charge is 0.495 e. The maximum atomic E-state index is 11.6. The van der Waals surface area contributed by atoms with Gasteiger partial charge in [0.15, 0.2) is 0 Å². The van der Waals surface area contributed by atoms with E-state index >= 15 is 0 Å². The SMILES string of the molecule is COc1ccc2c(CN)ccc(=O)n2c1. The fourth-order valence-corrected chi connectivity index (χ4v) is 1.56. The molecule has 15 heavy (non-hydrogen) atoms. The van der Waals surface area contributed by atoms with E-state index in [1.54, 1.807) is 23.8 Å². The molecule has 2 rings (SSSR count). The monoisotopic (exact) mass is 204 g/mol. The molecular formula is C11H12N2O2. The summed E-state index contributed by atoms with van der Waals surface area (Å²) in [5.41, 5.74) is 7.27. The molecule has 0 saturated carbocycles. The van der Waals surface area contributed by atoms with Gasteiger partial charge in [0.25, 0.3) is 5.56 Å². The van der Waals surface area contributed by atoms with Gasteiger partial charge in [-0.2, -0.15) is 0 Å². The van der Waals surface area contributed by atoms with Crippen molar-refractivity contribution in [1.82, 2.24) is 4.40 Å². The van der Waals surface area contributed by atoms with E-state index in [0.717, 1.165) is 11.1 Å². The summed E-state index contributed by atoms with van der Waals surface area (Å²) in [6.07, 6.45) is 1.66. The van der Waals surface area contributed by atoms with E-state index in [1.165, 1.54) is 6.07 Å². The van der Waals surface area contributed by atoms with Crippen molar-refractivity contribution in [2.75, 3.05) is 7.11 Å². The molecule has 0 aliphatic heterocycles. The van der Waals surface area contributed by atoms with Crippen LogP contribution in [0.3, 0.4) is 0 Å². The fourth-order valence-electron chi connectivity index (χ4n) is 1.56. The molecule has 0 spiro atoms. The Labute approximate surface area is 86.9 Å². The Kier molecular flexibility index (Phi) is 2.43. The van der Waals surface area contributed by atoms with Crippen molar-refractivity contribution in [2.45, 2.75) is 6.54 Å². The van der Waals surface area contributed by atoms with Crippen molar-refractivity contribution in [2.24, 2.45) is 5.73 Å². The van der Waals surface area contributed by atoms with E-state index in [4.69, 9.17) is 10.5 Å². The predicted octanol–water partition coefficient (Wildman–Crippen LogP) is 0.767. The minimum absolute atomic E-state index is 0.0823.